The van der Waals surface area contributed by atoms with Crippen molar-refractivity contribution in [2.24, 2.45) is 0 Å². The number of ether oxygens (including phenoxy) is 1. The zero-order valence-corrected chi connectivity index (χ0v) is 7.45. The molecule has 0 saturated carbocycles. The topological polar surface area (TPSA) is 78.4 Å². The number of rotatable bonds is 4. The standard InChI is InChI=1S/C8H12N2O3/c1-2-12-8(11)4-3-6-5-7(9)13-10-6/h5H,2-4,9H2,1H3. The number of carbonyl (C=O) groups is 1. The molecule has 1 aromatic heterocycles. The van der Waals surface area contributed by atoms with E-state index in [-0.39, 0.29) is 11.9 Å². The van der Waals surface area contributed by atoms with E-state index in [9.17, 15) is 4.79 Å². The second-order valence-corrected chi connectivity index (χ2v) is 2.53. The first-order valence-corrected chi connectivity index (χ1v) is 4.09. The van der Waals surface area contributed by atoms with Gasteiger partial charge in [-0.1, -0.05) is 5.16 Å². The van der Waals surface area contributed by atoms with Gasteiger partial charge < -0.3 is 15.0 Å². The summed E-state index contributed by atoms with van der Waals surface area (Å²) in [5.74, 6) is 0.0305. The van der Waals surface area contributed by atoms with Gasteiger partial charge in [-0.15, -0.1) is 0 Å². The van der Waals surface area contributed by atoms with E-state index in [1.807, 2.05) is 0 Å². The molecule has 0 aliphatic heterocycles. The van der Waals surface area contributed by atoms with Crippen molar-refractivity contribution in [3.8, 4) is 0 Å². The van der Waals surface area contributed by atoms with E-state index < -0.39 is 0 Å². The molecule has 2 N–H and O–H groups in total. The molecular formula is C8H12N2O3. The molecule has 5 nitrogen and oxygen atoms in total. The van der Waals surface area contributed by atoms with Crippen molar-refractivity contribution >= 4 is 11.9 Å². The molecule has 1 rings (SSSR count). The van der Waals surface area contributed by atoms with E-state index in [2.05, 4.69) is 9.68 Å². The van der Waals surface area contributed by atoms with Crippen LogP contribution in [0, 0.1) is 0 Å². The van der Waals surface area contributed by atoms with Crippen LogP contribution in [0.4, 0.5) is 5.88 Å². The van der Waals surface area contributed by atoms with Crippen LogP contribution in [0.25, 0.3) is 0 Å². The largest absolute Gasteiger partial charge is 0.466 e. The summed E-state index contributed by atoms with van der Waals surface area (Å²) < 4.78 is 9.37. The smallest absolute Gasteiger partial charge is 0.306 e. The molecule has 13 heavy (non-hydrogen) atoms. The van der Waals surface area contributed by atoms with Crippen LogP contribution in [0.2, 0.25) is 0 Å². The van der Waals surface area contributed by atoms with E-state index >= 15 is 0 Å². The molecule has 0 atom stereocenters. The molecule has 0 saturated heterocycles. The summed E-state index contributed by atoms with van der Waals surface area (Å²) in [6.07, 6.45) is 0.805. The molecule has 0 amide bonds. The van der Waals surface area contributed by atoms with Crippen LogP contribution in [-0.2, 0) is 16.0 Å². The van der Waals surface area contributed by atoms with Crippen LogP contribution >= 0.6 is 0 Å². The third-order valence-electron chi connectivity index (χ3n) is 1.47. The zero-order valence-electron chi connectivity index (χ0n) is 7.45. The average Bonchev–Trinajstić information content (AvgIpc) is 2.49. The van der Waals surface area contributed by atoms with E-state index in [1.54, 1.807) is 13.0 Å². The summed E-state index contributed by atoms with van der Waals surface area (Å²) in [4.78, 5) is 10.9. The molecule has 0 radical (unpaired) electrons. The Hall–Kier alpha value is -1.52. The van der Waals surface area contributed by atoms with E-state index in [1.165, 1.54) is 0 Å². The normalized spacial score (nSPS) is 9.92. The number of nitrogens with zero attached hydrogens (tertiary/aromatic N) is 1. The quantitative estimate of drug-likeness (QED) is 0.698. The van der Waals surface area contributed by atoms with Crippen molar-refractivity contribution in [1.82, 2.24) is 5.16 Å². The molecule has 0 aliphatic rings. The van der Waals surface area contributed by atoms with E-state index in [0.29, 0.717) is 25.1 Å². The summed E-state index contributed by atoms with van der Waals surface area (Å²) in [7, 11) is 0. The Labute approximate surface area is 75.8 Å². The van der Waals surface area contributed by atoms with Crippen molar-refractivity contribution in [2.45, 2.75) is 19.8 Å². The molecule has 0 fully saturated rings. The molecule has 0 spiro atoms. The maximum atomic E-state index is 10.9. The molecule has 0 bridgehead atoms. The fourth-order valence-electron chi connectivity index (χ4n) is 0.909. The summed E-state index contributed by atoms with van der Waals surface area (Å²) in [5, 5.41) is 3.64. The zero-order chi connectivity index (χ0) is 9.68. The number of anilines is 1. The van der Waals surface area contributed by atoms with Crippen LogP contribution in [-0.4, -0.2) is 17.7 Å². The minimum absolute atomic E-state index is 0.232. The molecule has 1 aromatic rings. The van der Waals surface area contributed by atoms with Crippen molar-refractivity contribution < 1.29 is 14.1 Å². The Morgan fingerprint density at radius 1 is 1.77 bits per heavy atom. The van der Waals surface area contributed by atoms with Crippen LogP contribution in [0.1, 0.15) is 19.0 Å². The van der Waals surface area contributed by atoms with Crippen LogP contribution in [0.5, 0.6) is 0 Å². The summed E-state index contributed by atoms with van der Waals surface area (Å²) >= 11 is 0. The van der Waals surface area contributed by atoms with Crippen molar-refractivity contribution in [2.75, 3.05) is 12.3 Å². The first-order valence-electron chi connectivity index (χ1n) is 4.09. The lowest BCUT2D eigenvalue weighted by Crippen LogP contribution is -2.05. The highest BCUT2D eigenvalue weighted by atomic mass is 16.5. The van der Waals surface area contributed by atoms with Gasteiger partial charge in [-0.2, -0.15) is 0 Å². The van der Waals surface area contributed by atoms with Crippen molar-refractivity contribution in [3.05, 3.63) is 11.8 Å². The average molecular weight is 184 g/mol. The number of aromatic nitrogens is 1. The van der Waals surface area contributed by atoms with Crippen LogP contribution in [0.15, 0.2) is 10.6 Å². The lowest BCUT2D eigenvalue weighted by molar-refractivity contribution is -0.143. The summed E-state index contributed by atoms with van der Waals surface area (Å²) in [6.45, 7) is 2.17. The summed E-state index contributed by atoms with van der Waals surface area (Å²) in [5.41, 5.74) is 5.97. The van der Waals surface area contributed by atoms with Gasteiger partial charge in [0.2, 0.25) is 5.88 Å². The number of aryl methyl sites for hydroxylation is 1. The number of nitrogen functional groups attached to an aromatic ring is 1. The highest BCUT2D eigenvalue weighted by Gasteiger charge is 2.05. The molecular weight excluding hydrogens is 172 g/mol. The number of esters is 1. The minimum Gasteiger partial charge on any atom is -0.466 e. The van der Waals surface area contributed by atoms with Gasteiger partial charge in [0.05, 0.1) is 18.7 Å². The van der Waals surface area contributed by atoms with E-state index in [0.717, 1.165) is 0 Å². The molecule has 1 heterocycles. The Kier molecular flexibility index (Phi) is 3.31. The van der Waals surface area contributed by atoms with Crippen LogP contribution < -0.4 is 5.73 Å². The Morgan fingerprint density at radius 3 is 3.08 bits per heavy atom. The van der Waals surface area contributed by atoms with Gasteiger partial charge in [-0.25, -0.2) is 0 Å². The monoisotopic (exact) mass is 184 g/mol. The number of carbonyl (C=O) groups excluding carboxylic acids is 1. The number of hydrogen-bond acceptors (Lipinski definition) is 5. The second-order valence-electron chi connectivity index (χ2n) is 2.53. The first kappa shape index (κ1) is 9.57. The summed E-state index contributed by atoms with van der Waals surface area (Å²) in [6, 6.07) is 1.60. The second kappa shape index (κ2) is 4.49. The van der Waals surface area contributed by atoms with Gasteiger partial charge in [0.1, 0.15) is 0 Å². The van der Waals surface area contributed by atoms with E-state index in [4.69, 9.17) is 10.5 Å². The van der Waals surface area contributed by atoms with Gasteiger partial charge in [0.15, 0.2) is 0 Å². The third kappa shape index (κ3) is 3.14. The molecule has 5 heteroatoms. The van der Waals surface area contributed by atoms with Crippen molar-refractivity contribution in [3.63, 3.8) is 0 Å². The number of nitrogens with two attached hydrogens (primary N) is 1. The van der Waals surface area contributed by atoms with Gasteiger partial charge in [-0.05, 0) is 6.92 Å². The highest BCUT2D eigenvalue weighted by Crippen LogP contribution is 2.06. The molecule has 0 unspecified atom stereocenters. The fraction of sp³-hybridized carbons (Fsp3) is 0.500. The molecule has 72 valence electrons. The van der Waals surface area contributed by atoms with Gasteiger partial charge in [0.25, 0.3) is 0 Å². The van der Waals surface area contributed by atoms with Gasteiger partial charge >= 0.3 is 5.97 Å². The maximum Gasteiger partial charge on any atom is 0.306 e. The number of hydrogen-bond donors (Lipinski definition) is 1. The molecule has 0 aliphatic carbocycles. The van der Waals surface area contributed by atoms with Crippen molar-refractivity contribution in [1.29, 1.82) is 0 Å². The third-order valence-corrected chi connectivity index (χ3v) is 1.47. The predicted octanol–water partition coefficient (Wildman–Crippen LogP) is 0.752. The highest BCUT2D eigenvalue weighted by molar-refractivity contribution is 5.69. The maximum absolute atomic E-state index is 10.9. The lowest BCUT2D eigenvalue weighted by Gasteiger charge is -1.98. The Balaban J connectivity index is 2.30. The fourth-order valence-corrected chi connectivity index (χ4v) is 0.909. The Morgan fingerprint density at radius 2 is 2.54 bits per heavy atom. The molecule has 0 aromatic carbocycles. The minimum atomic E-state index is -0.232. The Bertz CT molecular complexity index is 283. The first-order chi connectivity index (χ1) is 6.22. The van der Waals surface area contributed by atoms with Crippen LogP contribution in [0.3, 0.4) is 0 Å². The predicted molar refractivity (Wildman–Crippen MR) is 45.9 cm³/mol. The van der Waals surface area contributed by atoms with Gasteiger partial charge in [-0.3, -0.25) is 4.79 Å². The lowest BCUT2D eigenvalue weighted by atomic mass is 10.2. The van der Waals surface area contributed by atoms with Gasteiger partial charge in [0, 0.05) is 12.5 Å². The SMILES string of the molecule is CCOC(=O)CCc1cc(N)on1.